The number of thiophene rings is 3. The van der Waals surface area contributed by atoms with E-state index in [1.54, 1.807) is 0 Å². The molecule has 0 saturated heterocycles. The van der Waals surface area contributed by atoms with E-state index in [0.29, 0.717) is 0 Å². The molecule has 0 saturated carbocycles. The van der Waals surface area contributed by atoms with Crippen LogP contribution in [0.1, 0.15) is 0 Å². The minimum Gasteiger partial charge on any atom is -0.143 e. The van der Waals surface area contributed by atoms with Gasteiger partial charge in [0.15, 0.2) is 0 Å². The Morgan fingerprint density at radius 2 is 0.897 bits per heavy atom. The summed E-state index contributed by atoms with van der Waals surface area (Å²) >= 11 is 5.48. The van der Waals surface area contributed by atoms with E-state index in [0.717, 1.165) is 0 Å². The fraction of sp³-hybridized carbons (Fsp3) is 0. The van der Waals surface area contributed by atoms with E-state index in [-0.39, 0.29) is 0 Å². The molecule has 0 nitrogen and oxygen atoms in total. The summed E-state index contributed by atoms with van der Waals surface area (Å²) in [6.45, 7) is 0. The van der Waals surface area contributed by atoms with Gasteiger partial charge in [0.25, 0.3) is 0 Å². The molecule has 186 valence electrons. The quantitative estimate of drug-likeness (QED) is 0.192. The number of hydrogen-bond donors (Lipinski definition) is 0. The van der Waals surface area contributed by atoms with Gasteiger partial charge in [-0.2, -0.15) is 0 Å². The predicted octanol–water partition coefficient (Wildman–Crippen LogP) is 11.9. The Morgan fingerprint density at radius 1 is 0.333 bits per heavy atom. The molecule has 0 bridgehead atoms. The van der Waals surface area contributed by atoms with Crippen molar-refractivity contribution in [2.24, 2.45) is 0 Å². The molecule has 0 spiro atoms. The lowest BCUT2D eigenvalue weighted by Crippen LogP contribution is -1.86. The van der Waals surface area contributed by atoms with Gasteiger partial charge in [0.05, 0.1) is 4.88 Å². The summed E-state index contributed by atoms with van der Waals surface area (Å²) in [6, 6.07) is 45.9. The van der Waals surface area contributed by atoms with Crippen molar-refractivity contribution in [3.05, 3.63) is 144 Å². The molecular formula is C36H24S3. The average molecular weight is 553 g/mol. The maximum atomic E-state index is 2.34. The molecule has 3 aromatic heterocycles. The summed E-state index contributed by atoms with van der Waals surface area (Å²) < 4.78 is 0. The van der Waals surface area contributed by atoms with Crippen molar-refractivity contribution in [1.29, 1.82) is 0 Å². The standard InChI is InChI=1S/C36H24S3/c1-3-8-25(9-4-1)27-13-17-29(18-14-27)32-24-39-36(31-21-23-38-35(31)33-12-7-22-37-33)34(32)30-19-15-28(16-20-30)26-10-5-2-6-11-26/h1-24H. The van der Waals surface area contributed by atoms with Crippen LogP contribution in [0.5, 0.6) is 0 Å². The van der Waals surface area contributed by atoms with Crippen LogP contribution in [0.15, 0.2) is 144 Å². The van der Waals surface area contributed by atoms with Gasteiger partial charge in [-0.15, -0.1) is 34.0 Å². The van der Waals surface area contributed by atoms with Gasteiger partial charge >= 0.3 is 0 Å². The second-order valence-corrected chi connectivity index (χ2v) is 12.1. The molecule has 0 aliphatic rings. The van der Waals surface area contributed by atoms with Gasteiger partial charge in [0.2, 0.25) is 0 Å². The highest BCUT2D eigenvalue weighted by Gasteiger charge is 2.21. The third kappa shape index (κ3) is 4.70. The Labute approximate surface area is 241 Å². The molecule has 0 fully saturated rings. The zero-order valence-electron chi connectivity index (χ0n) is 21.1. The SMILES string of the molecule is c1ccc(-c2ccc(-c3csc(-c4ccsc4-c4cccs4)c3-c3ccc(-c4ccccc4)cc3)cc2)cc1. The largest absolute Gasteiger partial charge is 0.143 e. The Balaban J connectivity index is 1.36. The van der Waals surface area contributed by atoms with Crippen LogP contribution in [0.3, 0.4) is 0 Å². The van der Waals surface area contributed by atoms with Gasteiger partial charge in [-0.25, -0.2) is 0 Å². The highest BCUT2D eigenvalue weighted by atomic mass is 32.1. The van der Waals surface area contributed by atoms with Gasteiger partial charge in [-0.3, -0.25) is 0 Å². The molecule has 0 radical (unpaired) electrons. The van der Waals surface area contributed by atoms with Crippen LogP contribution in [0.4, 0.5) is 0 Å². The van der Waals surface area contributed by atoms with Crippen LogP contribution in [0.25, 0.3) is 64.7 Å². The molecule has 7 rings (SSSR count). The lowest BCUT2D eigenvalue weighted by atomic mass is 9.92. The maximum absolute atomic E-state index is 2.34. The van der Waals surface area contributed by atoms with Crippen molar-refractivity contribution in [1.82, 2.24) is 0 Å². The first-order chi connectivity index (χ1) is 19.3. The highest BCUT2D eigenvalue weighted by Crippen LogP contribution is 2.49. The normalized spacial score (nSPS) is 11.1. The fourth-order valence-corrected chi connectivity index (χ4v) is 8.06. The summed E-state index contributed by atoms with van der Waals surface area (Å²) in [5.74, 6) is 0. The molecule has 0 N–H and O–H groups in total. The van der Waals surface area contributed by atoms with E-state index < -0.39 is 0 Å². The fourth-order valence-electron chi connectivity index (χ4n) is 5.07. The molecule has 39 heavy (non-hydrogen) atoms. The Morgan fingerprint density at radius 3 is 1.49 bits per heavy atom. The molecule has 0 aliphatic heterocycles. The van der Waals surface area contributed by atoms with Crippen LogP contribution in [-0.4, -0.2) is 0 Å². The Bertz CT molecular complexity index is 1800. The van der Waals surface area contributed by atoms with E-state index in [1.807, 2.05) is 34.0 Å². The predicted molar refractivity (Wildman–Crippen MR) is 173 cm³/mol. The molecular weight excluding hydrogens is 529 g/mol. The van der Waals surface area contributed by atoms with E-state index in [2.05, 4.69) is 144 Å². The number of hydrogen-bond acceptors (Lipinski definition) is 3. The molecule has 0 atom stereocenters. The zero-order chi connectivity index (χ0) is 26.0. The van der Waals surface area contributed by atoms with E-state index in [9.17, 15) is 0 Å². The van der Waals surface area contributed by atoms with Crippen molar-refractivity contribution < 1.29 is 0 Å². The van der Waals surface area contributed by atoms with Crippen molar-refractivity contribution in [2.75, 3.05) is 0 Å². The van der Waals surface area contributed by atoms with Gasteiger partial charge < -0.3 is 0 Å². The molecule has 0 amide bonds. The van der Waals surface area contributed by atoms with Crippen LogP contribution in [-0.2, 0) is 0 Å². The van der Waals surface area contributed by atoms with Crippen molar-refractivity contribution in [3.63, 3.8) is 0 Å². The van der Waals surface area contributed by atoms with E-state index in [1.165, 1.54) is 64.7 Å². The summed E-state index contributed by atoms with van der Waals surface area (Å²) in [5.41, 5.74) is 11.4. The Hall–Kier alpha value is -4.02. The molecule has 7 aromatic rings. The molecule has 0 aliphatic carbocycles. The number of benzene rings is 4. The molecule has 3 heteroatoms. The Kier molecular flexibility index (Phi) is 6.55. The molecule has 3 heterocycles. The zero-order valence-corrected chi connectivity index (χ0v) is 23.5. The third-order valence-electron chi connectivity index (χ3n) is 7.03. The van der Waals surface area contributed by atoms with Gasteiger partial charge in [0, 0.05) is 26.4 Å². The van der Waals surface area contributed by atoms with Gasteiger partial charge in [-0.1, -0.05) is 115 Å². The average Bonchev–Trinajstić information content (AvgIpc) is 3.79. The van der Waals surface area contributed by atoms with E-state index in [4.69, 9.17) is 0 Å². The number of rotatable bonds is 6. The van der Waals surface area contributed by atoms with Crippen LogP contribution in [0, 0.1) is 0 Å². The monoisotopic (exact) mass is 552 g/mol. The van der Waals surface area contributed by atoms with Gasteiger partial charge in [-0.05, 0) is 61.7 Å². The summed E-state index contributed by atoms with van der Waals surface area (Å²) in [6.07, 6.45) is 0. The first-order valence-electron chi connectivity index (χ1n) is 12.9. The smallest absolute Gasteiger partial charge is 0.0529 e. The second-order valence-electron chi connectivity index (χ2n) is 9.38. The minimum atomic E-state index is 1.24. The highest BCUT2D eigenvalue weighted by molar-refractivity contribution is 7.21. The van der Waals surface area contributed by atoms with Gasteiger partial charge in [0.1, 0.15) is 0 Å². The first-order valence-corrected chi connectivity index (χ1v) is 15.5. The van der Waals surface area contributed by atoms with Crippen molar-refractivity contribution in [2.45, 2.75) is 0 Å². The van der Waals surface area contributed by atoms with Crippen LogP contribution >= 0.6 is 34.0 Å². The lowest BCUT2D eigenvalue weighted by Gasteiger charge is -2.11. The third-order valence-corrected chi connectivity index (χ3v) is 10.0. The lowest BCUT2D eigenvalue weighted by molar-refractivity contribution is 1.59. The summed E-state index contributed by atoms with van der Waals surface area (Å²) in [4.78, 5) is 4.00. The maximum Gasteiger partial charge on any atom is 0.0529 e. The van der Waals surface area contributed by atoms with E-state index >= 15 is 0 Å². The van der Waals surface area contributed by atoms with Crippen molar-refractivity contribution in [3.8, 4) is 64.7 Å². The summed E-state index contributed by atoms with van der Waals surface area (Å²) in [5, 5.41) is 6.72. The first kappa shape index (κ1) is 24.1. The minimum absolute atomic E-state index is 1.24. The molecule has 0 unspecified atom stereocenters. The second kappa shape index (κ2) is 10.6. The topological polar surface area (TPSA) is 0 Å². The van der Waals surface area contributed by atoms with Crippen LogP contribution in [0.2, 0.25) is 0 Å². The van der Waals surface area contributed by atoms with Crippen molar-refractivity contribution >= 4 is 34.0 Å². The van der Waals surface area contributed by atoms with Crippen LogP contribution < -0.4 is 0 Å². The molecule has 4 aromatic carbocycles. The summed E-state index contributed by atoms with van der Waals surface area (Å²) in [7, 11) is 0.